The van der Waals surface area contributed by atoms with Crippen molar-refractivity contribution in [2.45, 2.75) is 32.7 Å². The molecule has 114 valence electrons. The number of carbonyl (C=O) groups is 1. The summed E-state index contributed by atoms with van der Waals surface area (Å²) in [6, 6.07) is 2.42. The molecule has 0 spiro atoms. The fraction of sp³-hybridized carbons (Fsp3) is 0.643. The van der Waals surface area contributed by atoms with Crippen LogP contribution in [0.2, 0.25) is 0 Å². The van der Waals surface area contributed by atoms with E-state index in [0.29, 0.717) is 25.3 Å². The van der Waals surface area contributed by atoms with E-state index in [1.54, 1.807) is 16.5 Å². The quantitative estimate of drug-likeness (QED) is 0.915. The zero-order valence-electron chi connectivity index (χ0n) is 12.7. The predicted octanol–water partition coefficient (Wildman–Crippen LogP) is 1.63. The Morgan fingerprint density at radius 1 is 1.52 bits per heavy atom. The van der Waals surface area contributed by atoms with Gasteiger partial charge in [-0.2, -0.15) is 10.4 Å². The van der Waals surface area contributed by atoms with E-state index in [9.17, 15) is 10.1 Å². The number of carbonyl (C=O) groups excluding carboxylic acids is 1. The third-order valence-corrected chi connectivity index (χ3v) is 3.70. The molecular formula is C14H21N5O2. The molecule has 1 aliphatic rings. The molecule has 1 aromatic rings. The Hall–Kier alpha value is -2.23. The number of ether oxygens (including phenoxy) is 1. The van der Waals surface area contributed by atoms with Crippen molar-refractivity contribution >= 4 is 11.9 Å². The van der Waals surface area contributed by atoms with Crippen LogP contribution in [0.25, 0.3) is 0 Å². The Labute approximate surface area is 124 Å². The highest BCUT2D eigenvalue weighted by atomic mass is 16.6. The Morgan fingerprint density at radius 3 is 2.76 bits per heavy atom. The Balaban J connectivity index is 1.96. The highest BCUT2D eigenvalue weighted by Crippen LogP contribution is 2.22. The number of nitrogens with zero attached hydrogens (tertiary/aromatic N) is 4. The van der Waals surface area contributed by atoms with Crippen LogP contribution in [-0.2, 0) is 11.8 Å². The minimum atomic E-state index is -0.245. The van der Waals surface area contributed by atoms with Gasteiger partial charge in [-0.05, 0) is 26.7 Å². The van der Waals surface area contributed by atoms with E-state index >= 15 is 0 Å². The summed E-state index contributed by atoms with van der Waals surface area (Å²) in [6.07, 6.45) is 1.41. The minimum Gasteiger partial charge on any atom is -0.450 e. The highest BCUT2D eigenvalue weighted by molar-refractivity contribution is 5.67. The lowest BCUT2D eigenvalue weighted by Gasteiger charge is -2.32. The SMILES string of the molecule is CCOC(=O)N1CCC(Nc2c(C#N)c(C)nn2C)CC1. The highest BCUT2D eigenvalue weighted by Gasteiger charge is 2.25. The molecule has 0 aromatic carbocycles. The second-order valence-electron chi connectivity index (χ2n) is 5.15. The average Bonchev–Trinajstić information content (AvgIpc) is 2.73. The van der Waals surface area contributed by atoms with Crippen LogP contribution in [0.3, 0.4) is 0 Å². The van der Waals surface area contributed by atoms with Gasteiger partial charge in [0, 0.05) is 26.2 Å². The van der Waals surface area contributed by atoms with Gasteiger partial charge in [0.05, 0.1) is 12.3 Å². The minimum absolute atomic E-state index is 0.234. The third kappa shape index (κ3) is 3.27. The van der Waals surface area contributed by atoms with Crippen LogP contribution in [0.1, 0.15) is 31.0 Å². The Bertz CT molecular complexity index is 552. The van der Waals surface area contributed by atoms with Crippen LogP contribution >= 0.6 is 0 Å². The summed E-state index contributed by atoms with van der Waals surface area (Å²) in [7, 11) is 1.82. The van der Waals surface area contributed by atoms with Crippen molar-refractivity contribution in [3.8, 4) is 6.07 Å². The number of hydrogen-bond donors (Lipinski definition) is 1. The lowest BCUT2D eigenvalue weighted by molar-refractivity contribution is 0.0983. The molecule has 0 saturated carbocycles. The van der Waals surface area contributed by atoms with E-state index in [1.165, 1.54) is 0 Å². The Morgan fingerprint density at radius 2 is 2.19 bits per heavy atom. The van der Waals surface area contributed by atoms with Gasteiger partial charge in [0.1, 0.15) is 17.5 Å². The van der Waals surface area contributed by atoms with Crippen molar-refractivity contribution in [3.63, 3.8) is 0 Å². The van der Waals surface area contributed by atoms with Crippen molar-refractivity contribution in [2.24, 2.45) is 7.05 Å². The van der Waals surface area contributed by atoms with E-state index in [2.05, 4.69) is 16.5 Å². The number of rotatable bonds is 3. The molecule has 1 aliphatic heterocycles. The van der Waals surface area contributed by atoms with Gasteiger partial charge in [-0.15, -0.1) is 0 Å². The second kappa shape index (κ2) is 6.48. The lowest BCUT2D eigenvalue weighted by Crippen LogP contribution is -2.42. The smallest absolute Gasteiger partial charge is 0.409 e. The van der Waals surface area contributed by atoms with Gasteiger partial charge >= 0.3 is 6.09 Å². The standard InChI is InChI=1S/C14H21N5O2/c1-4-21-14(20)19-7-5-11(6-8-19)16-13-12(9-15)10(2)17-18(13)3/h11,16H,4-8H2,1-3H3. The molecule has 0 atom stereocenters. The van der Waals surface area contributed by atoms with Crippen molar-refractivity contribution in [1.29, 1.82) is 5.26 Å². The van der Waals surface area contributed by atoms with Crippen molar-refractivity contribution in [2.75, 3.05) is 25.0 Å². The van der Waals surface area contributed by atoms with Gasteiger partial charge in [-0.1, -0.05) is 0 Å². The number of nitriles is 1. The molecule has 1 aromatic heterocycles. The van der Waals surface area contributed by atoms with E-state index in [0.717, 1.165) is 24.4 Å². The molecule has 1 amide bonds. The van der Waals surface area contributed by atoms with E-state index < -0.39 is 0 Å². The van der Waals surface area contributed by atoms with Crippen LogP contribution in [0.5, 0.6) is 0 Å². The monoisotopic (exact) mass is 291 g/mol. The fourth-order valence-corrected chi connectivity index (χ4v) is 2.57. The summed E-state index contributed by atoms with van der Waals surface area (Å²) in [5.41, 5.74) is 1.32. The number of likely N-dealkylation sites (tertiary alicyclic amines) is 1. The van der Waals surface area contributed by atoms with Crippen LogP contribution in [-0.4, -0.2) is 46.5 Å². The van der Waals surface area contributed by atoms with E-state index in [1.807, 2.05) is 14.0 Å². The van der Waals surface area contributed by atoms with E-state index in [-0.39, 0.29) is 12.1 Å². The van der Waals surface area contributed by atoms with Gasteiger partial charge in [-0.3, -0.25) is 4.68 Å². The van der Waals surface area contributed by atoms with Crippen molar-refractivity contribution in [1.82, 2.24) is 14.7 Å². The summed E-state index contributed by atoms with van der Waals surface area (Å²) >= 11 is 0. The molecule has 0 aliphatic carbocycles. The zero-order valence-corrected chi connectivity index (χ0v) is 12.7. The number of nitrogens with one attached hydrogen (secondary N) is 1. The lowest BCUT2D eigenvalue weighted by atomic mass is 10.1. The molecule has 2 rings (SSSR count). The fourth-order valence-electron chi connectivity index (χ4n) is 2.57. The summed E-state index contributed by atoms with van der Waals surface area (Å²) < 4.78 is 6.70. The van der Waals surface area contributed by atoms with Gasteiger partial charge in [0.2, 0.25) is 0 Å². The average molecular weight is 291 g/mol. The van der Waals surface area contributed by atoms with Crippen LogP contribution in [0, 0.1) is 18.3 Å². The van der Waals surface area contributed by atoms with Gasteiger partial charge in [-0.25, -0.2) is 4.79 Å². The second-order valence-corrected chi connectivity index (χ2v) is 5.15. The maximum Gasteiger partial charge on any atom is 0.409 e. The molecule has 7 heteroatoms. The normalized spacial score (nSPS) is 15.6. The number of aromatic nitrogens is 2. The van der Waals surface area contributed by atoms with Gasteiger partial charge in [0.25, 0.3) is 0 Å². The number of amides is 1. The third-order valence-electron chi connectivity index (χ3n) is 3.70. The summed E-state index contributed by atoms with van der Waals surface area (Å²) in [4.78, 5) is 13.4. The number of hydrogen-bond acceptors (Lipinski definition) is 5. The molecule has 1 saturated heterocycles. The molecule has 0 radical (unpaired) electrons. The first-order chi connectivity index (χ1) is 10.1. The first kappa shape index (κ1) is 15.2. The molecular weight excluding hydrogens is 270 g/mol. The number of anilines is 1. The molecule has 0 bridgehead atoms. The molecule has 21 heavy (non-hydrogen) atoms. The Kier molecular flexibility index (Phi) is 4.68. The zero-order chi connectivity index (χ0) is 15.4. The van der Waals surface area contributed by atoms with Crippen molar-refractivity contribution < 1.29 is 9.53 Å². The summed E-state index contributed by atoms with van der Waals surface area (Å²) in [6.45, 7) is 5.36. The first-order valence-electron chi connectivity index (χ1n) is 7.18. The predicted molar refractivity (Wildman–Crippen MR) is 77.9 cm³/mol. The molecule has 2 heterocycles. The molecule has 7 nitrogen and oxygen atoms in total. The van der Waals surface area contributed by atoms with Crippen LogP contribution in [0.4, 0.5) is 10.6 Å². The first-order valence-corrected chi connectivity index (χ1v) is 7.18. The summed E-state index contributed by atoms with van der Waals surface area (Å²) in [5.74, 6) is 0.754. The van der Waals surface area contributed by atoms with Gasteiger partial charge < -0.3 is 15.0 Å². The van der Waals surface area contributed by atoms with Crippen LogP contribution in [0.15, 0.2) is 0 Å². The van der Waals surface area contributed by atoms with Gasteiger partial charge in [0.15, 0.2) is 0 Å². The summed E-state index contributed by atoms with van der Waals surface area (Å²) in [5, 5.41) is 16.8. The molecule has 1 fully saturated rings. The maximum absolute atomic E-state index is 11.6. The maximum atomic E-state index is 11.6. The topological polar surface area (TPSA) is 83.2 Å². The molecule has 1 N–H and O–H groups in total. The number of aryl methyl sites for hydroxylation is 2. The molecule has 0 unspecified atom stereocenters. The van der Waals surface area contributed by atoms with Crippen LogP contribution < -0.4 is 5.32 Å². The van der Waals surface area contributed by atoms with Crippen molar-refractivity contribution in [3.05, 3.63) is 11.3 Å². The van der Waals surface area contributed by atoms with E-state index in [4.69, 9.17) is 4.74 Å². The largest absolute Gasteiger partial charge is 0.450 e. The number of piperidine rings is 1.